The van der Waals surface area contributed by atoms with Crippen molar-refractivity contribution in [2.24, 2.45) is 0 Å². The standard InChI is InChI=1S/C7H8N4O2S/c1-11(14(2,12)13)7-3-6(4-8)9-5-10-7/h3,5H,1-2H3. The van der Waals surface area contributed by atoms with Gasteiger partial charge in [0.25, 0.3) is 0 Å². The third kappa shape index (κ3) is 2.17. The van der Waals surface area contributed by atoms with Crippen LogP contribution >= 0.6 is 0 Å². The maximum atomic E-state index is 11.1. The van der Waals surface area contributed by atoms with E-state index in [4.69, 9.17) is 5.26 Å². The highest BCUT2D eigenvalue weighted by atomic mass is 32.2. The van der Waals surface area contributed by atoms with Gasteiger partial charge in [-0.15, -0.1) is 0 Å². The third-order valence-corrected chi connectivity index (χ3v) is 2.77. The van der Waals surface area contributed by atoms with Gasteiger partial charge in [-0.1, -0.05) is 0 Å². The second-order valence-electron chi connectivity index (χ2n) is 2.60. The van der Waals surface area contributed by atoms with E-state index in [1.807, 2.05) is 0 Å². The van der Waals surface area contributed by atoms with Crippen LogP contribution in [-0.4, -0.2) is 31.7 Å². The van der Waals surface area contributed by atoms with Gasteiger partial charge in [0, 0.05) is 13.1 Å². The summed E-state index contributed by atoms with van der Waals surface area (Å²) in [5, 5.41) is 8.54. The molecule has 0 aliphatic heterocycles. The van der Waals surface area contributed by atoms with E-state index in [1.54, 1.807) is 6.07 Å². The minimum atomic E-state index is -3.35. The number of hydrogen-bond acceptors (Lipinski definition) is 5. The summed E-state index contributed by atoms with van der Waals surface area (Å²) in [5.74, 6) is 0.180. The molecular weight excluding hydrogens is 204 g/mol. The summed E-state index contributed by atoms with van der Waals surface area (Å²) < 4.78 is 23.2. The van der Waals surface area contributed by atoms with E-state index in [1.165, 1.54) is 13.1 Å². The number of nitriles is 1. The van der Waals surface area contributed by atoms with Crippen LogP contribution in [0.2, 0.25) is 0 Å². The number of anilines is 1. The van der Waals surface area contributed by atoms with Gasteiger partial charge in [0.05, 0.1) is 6.26 Å². The number of aromatic nitrogens is 2. The van der Waals surface area contributed by atoms with Gasteiger partial charge >= 0.3 is 0 Å². The molecule has 0 fully saturated rings. The monoisotopic (exact) mass is 212 g/mol. The van der Waals surface area contributed by atoms with Crippen molar-refractivity contribution in [2.75, 3.05) is 17.6 Å². The molecule has 1 aromatic heterocycles. The molecule has 0 spiro atoms. The Balaban J connectivity index is 3.16. The topological polar surface area (TPSA) is 86.9 Å². The Morgan fingerprint density at radius 3 is 2.64 bits per heavy atom. The molecule has 1 rings (SSSR count). The maximum absolute atomic E-state index is 11.1. The number of nitrogens with zero attached hydrogens (tertiary/aromatic N) is 4. The first kappa shape index (κ1) is 10.4. The third-order valence-electron chi connectivity index (χ3n) is 1.59. The van der Waals surface area contributed by atoms with Crippen LogP contribution in [0.15, 0.2) is 12.4 Å². The van der Waals surface area contributed by atoms with Gasteiger partial charge in [0.2, 0.25) is 10.0 Å². The van der Waals surface area contributed by atoms with Crippen LogP contribution in [0.4, 0.5) is 5.82 Å². The van der Waals surface area contributed by atoms with Crippen molar-refractivity contribution < 1.29 is 8.42 Å². The zero-order valence-corrected chi connectivity index (χ0v) is 8.48. The van der Waals surface area contributed by atoms with Crippen LogP contribution in [0.25, 0.3) is 0 Å². The molecule has 0 unspecified atom stereocenters. The molecule has 0 aliphatic carbocycles. The van der Waals surface area contributed by atoms with Crippen molar-refractivity contribution >= 4 is 15.8 Å². The predicted octanol–water partition coefficient (Wildman–Crippen LogP) is -0.256. The summed E-state index contributed by atoms with van der Waals surface area (Å²) in [4.78, 5) is 7.37. The van der Waals surface area contributed by atoms with Crippen LogP contribution in [0, 0.1) is 11.3 Å². The van der Waals surface area contributed by atoms with Crippen molar-refractivity contribution in [2.45, 2.75) is 0 Å². The summed E-state index contributed by atoms with van der Waals surface area (Å²) in [6.45, 7) is 0. The van der Waals surface area contributed by atoms with Crippen LogP contribution in [0.5, 0.6) is 0 Å². The average molecular weight is 212 g/mol. The molecule has 0 atom stereocenters. The van der Waals surface area contributed by atoms with Crippen molar-refractivity contribution in [3.8, 4) is 6.07 Å². The summed E-state index contributed by atoms with van der Waals surface area (Å²) in [6.07, 6.45) is 2.21. The Morgan fingerprint density at radius 1 is 1.50 bits per heavy atom. The van der Waals surface area contributed by atoms with Crippen molar-refractivity contribution in [1.82, 2.24) is 9.97 Å². The highest BCUT2D eigenvalue weighted by Crippen LogP contribution is 2.11. The zero-order chi connectivity index (χ0) is 10.8. The Kier molecular flexibility index (Phi) is 2.67. The van der Waals surface area contributed by atoms with E-state index in [9.17, 15) is 8.42 Å². The molecule has 6 nitrogen and oxygen atoms in total. The molecule has 0 saturated heterocycles. The molecule has 0 amide bonds. The number of sulfonamides is 1. The summed E-state index contributed by atoms with van der Waals surface area (Å²) in [6, 6.07) is 3.11. The highest BCUT2D eigenvalue weighted by Gasteiger charge is 2.13. The van der Waals surface area contributed by atoms with Gasteiger partial charge in [-0.05, 0) is 0 Å². The molecule has 0 aliphatic rings. The van der Waals surface area contributed by atoms with Crippen LogP contribution in [-0.2, 0) is 10.0 Å². The molecule has 14 heavy (non-hydrogen) atoms. The summed E-state index contributed by atoms with van der Waals surface area (Å²) in [5.41, 5.74) is 0.130. The lowest BCUT2D eigenvalue weighted by Gasteiger charge is -2.14. The lowest BCUT2D eigenvalue weighted by molar-refractivity contribution is 0.600. The summed E-state index contributed by atoms with van der Waals surface area (Å²) in [7, 11) is -1.99. The quantitative estimate of drug-likeness (QED) is 0.674. The van der Waals surface area contributed by atoms with Gasteiger partial charge in [-0.25, -0.2) is 18.4 Å². The van der Waals surface area contributed by atoms with Crippen molar-refractivity contribution in [3.05, 3.63) is 18.1 Å². The maximum Gasteiger partial charge on any atom is 0.233 e. The van der Waals surface area contributed by atoms with E-state index in [2.05, 4.69) is 9.97 Å². The molecule has 1 aromatic rings. The highest BCUT2D eigenvalue weighted by molar-refractivity contribution is 7.92. The van der Waals surface area contributed by atoms with E-state index >= 15 is 0 Å². The van der Waals surface area contributed by atoms with Crippen LogP contribution < -0.4 is 4.31 Å². The molecule has 74 valence electrons. The fourth-order valence-electron chi connectivity index (χ4n) is 0.750. The Labute approximate surface area is 81.9 Å². The largest absolute Gasteiger partial charge is 0.257 e. The fraction of sp³-hybridized carbons (Fsp3) is 0.286. The fourth-order valence-corrected chi connectivity index (χ4v) is 1.19. The number of rotatable bonds is 2. The SMILES string of the molecule is CN(c1cc(C#N)ncn1)S(C)(=O)=O. The van der Waals surface area contributed by atoms with Crippen LogP contribution in [0.1, 0.15) is 5.69 Å². The Morgan fingerprint density at radius 2 is 2.14 bits per heavy atom. The number of hydrogen-bond donors (Lipinski definition) is 0. The lowest BCUT2D eigenvalue weighted by atomic mass is 10.4. The first-order valence-corrected chi connectivity index (χ1v) is 5.46. The Hall–Kier alpha value is -1.68. The van der Waals surface area contributed by atoms with Gasteiger partial charge in [-0.3, -0.25) is 4.31 Å². The lowest BCUT2D eigenvalue weighted by Crippen LogP contribution is -2.25. The molecule has 0 aromatic carbocycles. The molecule has 0 radical (unpaired) electrons. The minimum Gasteiger partial charge on any atom is -0.257 e. The molecule has 7 heteroatoms. The molecule has 0 bridgehead atoms. The van der Waals surface area contributed by atoms with Gasteiger partial charge in [-0.2, -0.15) is 5.26 Å². The normalized spacial score (nSPS) is 10.6. The molecule has 0 N–H and O–H groups in total. The van der Waals surface area contributed by atoms with Gasteiger partial charge in [0.1, 0.15) is 23.9 Å². The second-order valence-corrected chi connectivity index (χ2v) is 4.62. The van der Waals surface area contributed by atoms with Crippen molar-refractivity contribution in [3.63, 3.8) is 0 Å². The second kappa shape index (κ2) is 3.59. The molecular formula is C7H8N4O2S. The van der Waals surface area contributed by atoms with Gasteiger partial charge in [0.15, 0.2) is 0 Å². The predicted molar refractivity (Wildman–Crippen MR) is 50.0 cm³/mol. The smallest absolute Gasteiger partial charge is 0.233 e. The molecule has 0 saturated carbocycles. The first-order chi connectivity index (χ1) is 6.45. The van der Waals surface area contributed by atoms with E-state index in [-0.39, 0.29) is 11.5 Å². The zero-order valence-electron chi connectivity index (χ0n) is 7.67. The van der Waals surface area contributed by atoms with Crippen molar-refractivity contribution in [1.29, 1.82) is 5.26 Å². The van der Waals surface area contributed by atoms with E-state index < -0.39 is 10.0 Å². The van der Waals surface area contributed by atoms with Gasteiger partial charge < -0.3 is 0 Å². The first-order valence-electron chi connectivity index (χ1n) is 3.61. The Bertz CT molecular complexity index is 477. The van der Waals surface area contributed by atoms with E-state index in [0.29, 0.717) is 0 Å². The van der Waals surface area contributed by atoms with Crippen LogP contribution in [0.3, 0.4) is 0 Å². The average Bonchev–Trinajstić information content (AvgIpc) is 2.15. The minimum absolute atomic E-state index is 0.130. The summed E-state index contributed by atoms with van der Waals surface area (Å²) >= 11 is 0. The molecule has 1 heterocycles. The van der Waals surface area contributed by atoms with E-state index in [0.717, 1.165) is 16.9 Å².